The van der Waals surface area contributed by atoms with Crippen LogP contribution >= 0.6 is 12.2 Å². The monoisotopic (exact) mass is 246 g/mol. The molecule has 0 saturated carbocycles. The van der Waals surface area contributed by atoms with E-state index in [1.165, 1.54) is 0 Å². The molecule has 4 heteroatoms. The zero-order chi connectivity index (χ0) is 12.8. The predicted molar refractivity (Wildman–Crippen MR) is 75.9 cm³/mol. The lowest BCUT2D eigenvalue weighted by Gasteiger charge is -1.97. The first-order valence-corrected chi connectivity index (χ1v) is 5.44. The molecule has 1 aliphatic carbocycles. The maximum absolute atomic E-state index is 8.92. The van der Waals surface area contributed by atoms with E-state index in [4.69, 9.17) is 28.5 Å². The highest BCUT2D eigenvalue weighted by atomic mass is 32.1. The molecule has 0 amide bonds. The fourth-order valence-corrected chi connectivity index (χ4v) is 1.29. The highest BCUT2D eigenvalue weighted by Crippen LogP contribution is 2.19. The summed E-state index contributed by atoms with van der Waals surface area (Å²) in [5, 5.41) is 16.0. The minimum Gasteiger partial charge on any atom is -0.506 e. The molecule has 0 fully saturated rings. The highest BCUT2D eigenvalue weighted by Gasteiger charge is 1.97. The lowest BCUT2D eigenvalue weighted by Crippen LogP contribution is -2.05. The van der Waals surface area contributed by atoms with Gasteiger partial charge in [0.15, 0.2) is 0 Å². The average molecular weight is 246 g/mol. The molecule has 0 atom stereocenters. The second-order valence-electron chi connectivity index (χ2n) is 3.56. The summed E-state index contributed by atoms with van der Waals surface area (Å²) in [6.07, 6.45) is 7.07. The van der Waals surface area contributed by atoms with Crippen LogP contribution in [0.5, 0.6) is 5.75 Å². The number of hydrogen-bond donors (Lipinski definition) is 3. The number of allylic oxidation sites excluding steroid dienone is 4. The minimum absolute atomic E-state index is 0.153. The number of nitrogen functional groups attached to an aromatic ring is 1. The topological polar surface area (TPSA) is 70.1 Å². The summed E-state index contributed by atoms with van der Waals surface area (Å²) in [6.45, 7) is 1.93. The van der Waals surface area contributed by atoms with Crippen molar-refractivity contribution in [3.63, 3.8) is 0 Å². The fraction of sp³-hybridized carbons (Fsp3) is 0.0769. The Labute approximate surface area is 106 Å². The number of nitrogens with two attached hydrogens (primary N) is 1. The molecule has 0 bridgehead atoms. The quantitative estimate of drug-likeness (QED) is 0.374. The molecule has 3 nitrogen and oxygen atoms in total. The van der Waals surface area contributed by atoms with Gasteiger partial charge in [0.25, 0.3) is 0 Å². The number of aryl methyl sites for hydroxylation is 1. The first-order valence-electron chi connectivity index (χ1n) is 5.03. The number of nitrogens with one attached hydrogen (secondary N) is 1. The first-order chi connectivity index (χ1) is 8.00. The predicted octanol–water partition coefficient (Wildman–Crippen LogP) is 2.78. The number of hydrogen-bond acceptors (Lipinski definition) is 4. The van der Waals surface area contributed by atoms with Crippen LogP contribution in [0.15, 0.2) is 42.5 Å². The maximum atomic E-state index is 8.92. The van der Waals surface area contributed by atoms with E-state index in [0.29, 0.717) is 16.3 Å². The Morgan fingerprint density at radius 2 is 1.88 bits per heavy atom. The van der Waals surface area contributed by atoms with Crippen molar-refractivity contribution >= 4 is 28.5 Å². The Morgan fingerprint density at radius 3 is 2.29 bits per heavy atom. The normalized spacial score (nSPS) is 13.2. The summed E-state index contributed by atoms with van der Waals surface area (Å²) < 4.78 is 0. The largest absolute Gasteiger partial charge is 0.506 e. The number of thiocarbonyl (C=S) groups is 1. The summed E-state index contributed by atoms with van der Waals surface area (Å²) in [5.41, 5.74) is 7.30. The molecule has 0 spiro atoms. The van der Waals surface area contributed by atoms with Crippen LogP contribution in [0.25, 0.3) is 0 Å². The standard InChI is InChI=1S/C7H9NO.C6H5NS/c1-5-2-3-7(9)6(8)4-5;7-5-3-1-2-4-6(5)8/h2-4,9H,8H2,1H3;1-4,7H. The molecule has 0 unspecified atom stereocenters. The molecule has 0 aliphatic heterocycles. The summed E-state index contributed by atoms with van der Waals surface area (Å²) in [4.78, 5) is 0.618. The Hall–Kier alpha value is -1.94. The SMILES string of the molecule is Cc1ccc(O)c(N)c1.N=C1C=CC=CC1=S. The van der Waals surface area contributed by atoms with E-state index in [-0.39, 0.29) is 5.75 Å². The van der Waals surface area contributed by atoms with Crippen molar-refractivity contribution in [3.05, 3.63) is 48.1 Å². The molecule has 0 radical (unpaired) electrons. The van der Waals surface area contributed by atoms with Crippen LogP contribution in [-0.4, -0.2) is 15.7 Å². The van der Waals surface area contributed by atoms with Crippen LogP contribution in [0, 0.1) is 12.3 Å². The van der Waals surface area contributed by atoms with Gasteiger partial charge in [0, 0.05) is 0 Å². The Morgan fingerprint density at radius 1 is 1.24 bits per heavy atom. The summed E-state index contributed by atoms with van der Waals surface area (Å²) in [5.74, 6) is 0.153. The fourth-order valence-electron chi connectivity index (χ4n) is 1.14. The molecule has 0 heterocycles. The van der Waals surface area contributed by atoms with Crippen LogP contribution in [0.1, 0.15) is 5.56 Å². The zero-order valence-electron chi connectivity index (χ0n) is 9.47. The van der Waals surface area contributed by atoms with E-state index >= 15 is 0 Å². The van der Waals surface area contributed by atoms with E-state index < -0.39 is 0 Å². The Kier molecular flexibility index (Phi) is 4.60. The van der Waals surface area contributed by atoms with Gasteiger partial charge in [-0.25, -0.2) is 0 Å². The van der Waals surface area contributed by atoms with Gasteiger partial charge in [-0.2, -0.15) is 0 Å². The molecule has 88 valence electrons. The van der Waals surface area contributed by atoms with E-state index in [1.807, 2.05) is 19.1 Å². The number of aromatic hydroxyl groups is 1. The molecular formula is C13H14N2OS. The third kappa shape index (κ3) is 4.20. The molecule has 17 heavy (non-hydrogen) atoms. The zero-order valence-corrected chi connectivity index (χ0v) is 10.3. The van der Waals surface area contributed by atoms with Crippen molar-refractivity contribution < 1.29 is 5.11 Å². The van der Waals surface area contributed by atoms with Crippen molar-refractivity contribution in [1.82, 2.24) is 0 Å². The van der Waals surface area contributed by atoms with Crippen molar-refractivity contribution in [2.75, 3.05) is 5.73 Å². The number of rotatable bonds is 0. The molecule has 0 aromatic heterocycles. The van der Waals surface area contributed by atoms with Gasteiger partial charge in [0.05, 0.1) is 16.3 Å². The molecule has 4 N–H and O–H groups in total. The van der Waals surface area contributed by atoms with Crippen LogP contribution in [0.3, 0.4) is 0 Å². The van der Waals surface area contributed by atoms with Crippen molar-refractivity contribution in [2.24, 2.45) is 0 Å². The van der Waals surface area contributed by atoms with E-state index in [9.17, 15) is 0 Å². The number of phenols is 1. The summed E-state index contributed by atoms with van der Waals surface area (Å²) >= 11 is 4.77. The van der Waals surface area contributed by atoms with Gasteiger partial charge in [-0.1, -0.05) is 30.4 Å². The lowest BCUT2D eigenvalue weighted by atomic mass is 10.2. The second kappa shape index (κ2) is 5.96. The van der Waals surface area contributed by atoms with Crippen molar-refractivity contribution in [1.29, 1.82) is 5.41 Å². The number of anilines is 1. The van der Waals surface area contributed by atoms with Crippen LogP contribution < -0.4 is 5.73 Å². The highest BCUT2D eigenvalue weighted by molar-refractivity contribution is 7.82. The molecular weight excluding hydrogens is 232 g/mol. The van der Waals surface area contributed by atoms with Crippen molar-refractivity contribution in [3.8, 4) is 5.75 Å². The van der Waals surface area contributed by atoms with E-state index in [1.54, 1.807) is 30.4 Å². The van der Waals surface area contributed by atoms with Crippen LogP contribution in [-0.2, 0) is 0 Å². The van der Waals surface area contributed by atoms with E-state index in [2.05, 4.69) is 0 Å². The van der Waals surface area contributed by atoms with Crippen LogP contribution in [0.2, 0.25) is 0 Å². The molecule has 1 aromatic carbocycles. The van der Waals surface area contributed by atoms with Gasteiger partial charge in [0.2, 0.25) is 0 Å². The number of phenolic OH excluding ortho intramolecular Hbond substituents is 1. The third-order valence-corrected chi connectivity index (χ3v) is 2.43. The smallest absolute Gasteiger partial charge is 0.138 e. The second-order valence-corrected chi connectivity index (χ2v) is 4.00. The van der Waals surface area contributed by atoms with Gasteiger partial charge in [0.1, 0.15) is 5.75 Å². The van der Waals surface area contributed by atoms with Crippen molar-refractivity contribution in [2.45, 2.75) is 6.92 Å². The summed E-state index contributed by atoms with van der Waals surface area (Å²) in [6, 6.07) is 5.13. The Bertz CT molecular complexity index is 482. The first kappa shape index (κ1) is 13.1. The lowest BCUT2D eigenvalue weighted by molar-refractivity contribution is 0.478. The van der Waals surface area contributed by atoms with Gasteiger partial charge in [-0.05, 0) is 36.8 Å². The Balaban J connectivity index is 0.000000171. The van der Waals surface area contributed by atoms with Crippen LogP contribution in [0.4, 0.5) is 5.69 Å². The minimum atomic E-state index is 0.153. The molecule has 0 saturated heterocycles. The number of benzene rings is 1. The molecule has 1 aromatic rings. The average Bonchev–Trinajstić information content (AvgIpc) is 2.29. The van der Waals surface area contributed by atoms with Gasteiger partial charge < -0.3 is 10.8 Å². The molecule has 1 aliphatic rings. The third-order valence-electron chi connectivity index (χ3n) is 2.07. The summed E-state index contributed by atoms with van der Waals surface area (Å²) in [7, 11) is 0. The van der Waals surface area contributed by atoms with Gasteiger partial charge >= 0.3 is 0 Å². The maximum Gasteiger partial charge on any atom is 0.138 e. The van der Waals surface area contributed by atoms with E-state index in [0.717, 1.165) is 5.56 Å². The van der Waals surface area contributed by atoms with Gasteiger partial charge in [-0.3, -0.25) is 5.41 Å². The molecule has 2 rings (SSSR count). The van der Waals surface area contributed by atoms with Gasteiger partial charge in [-0.15, -0.1) is 0 Å².